The summed E-state index contributed by atoms with van der Waals surface area (Å²) in [5.74, 6) is 0.388. The molecule has 1 aromatic heterocycles. The molecule has 3 aromatic rings. The molecule has 7 heteroatoms. The van der Waals surface area contributed by atoms with Gasteiger partial charge in [0.15, 0.2) is 0 Å². The van der Waals surface area contributed by atoms with Crippen molar-refractivity contribution in [3.63, 3.8) is 0 Å². The van der Waals surface area contributed by atoms with Gasteiger partial charge in [0.05, 0.1) is 5.52 Å². The second kappa shape index (κ2) is 8.26. The zero-order valence-electron chi connectivity index (χ0n) is 17.2. The first-order valence-electron chi connectivity index (χ1n) is 10.2. The van der Waals surface area contributed by atoms with Crippen molar-refractivity contribution in [2.24, 2.45) is 5.92 Å². The van der Waals surface area contributed by atoms with Crippen LogP contribution in [0.5, 0.6) is 0 Å². The average molecular weight is 408 g/mol. The summed E-state index contributed by atoms with van der Waals surface area (Å²) in [7, 11) is 0. The molecule has 0 radical (unpaired) electrons. The van der Waals surface area contributed by atoms with Crippen molar-refractivity contribution in [1.29, 1.82) is 0 Å². The average Bonchev–Trinajstić information content (AvgIpc) is 2.72. The minimum Gasteiger partial charge on any atom is -0.356 e. The summed E-state index contributed by atoms with van der Waals surface area (Å²) in [6, 6.07) is 11.7. The number of carbonyl (C=O) groups is 1. The number of amides is 1. The third kappa shape index (κ3) is 4.06. The number of hydrogen-bond acceptors (Lipinski definition) is 4. The molecule has 1 fully saturated rings. The SMILES string of the molecule is Cc1ccc(F)cc1NC(=O)Cn1c(=O)nc(N2CCC[C@H](C)C2)c2ccccc21. The second-order valence-corrected chi connectivity index (χ2v) is 8.02. The third-order valence-electron chi connectivity index (χ3n) is 5.60. The van der Waals surface area contributed by atoms with Gasteiger partial charge in [-0.2, -0.15) is 4.98 Å². The molecule has 0 spiro atoms. The first kappa shape index (κ1) is 20.1. The lowest BCUT2D eigenvalue weighted by Gasteiger charge is -2.32. The number of nitrogens with zero attached hydrogens (tertiary/aromatic N) is 3. The van der Waals surface area contributed by atoms with Gasteiger partial charge in [-0.05, 0) is 55.5 Å². The van der Waals surface area contributed by atoms with Crippen molar-refractivity contribution in [3.05, 3.63) is 64.3 Å². The number of rotatable bonds is 4. The zero-order chi connectivity index (χ0) is 21.3. The van der Waals surface area contributed by atoms with Gasteiger partial charge in [0, 0.05) is 24.2 Å². The van der Waals surface area contributed by atoms with Crippen LogP contribution in [0.15, 0.2) is 47.3 Å². The molecule has 1 N–H and O–H groups in total. The molecule has 0 bridgehead atoms. The van der Waals surface area contributed by atoms with Crippen LogP contribution < -0.4 is 15.9 Å². The van der Waals surface area contributed by atoms with E-state index in [1.807, 2.05) is 24.3 Å². The van der Waals surface area contributed by atoms with Crippen molar-refractivity contribution in [3.8, 4) is 0 Å². The molecule has 2 heterocycles. The van der Waals surface area contributed by atoms with Crippen LogP contribution in [0, 0.1) is 18.7 Å². The number of fused-ring (bicyclic) bond motifs is 1. The van der Waals surface area contributed by atoms with Crippen LogP contribution in [0.1, 0.15) is 25.3 Å². The second-order valence-electron chi connectivity index (χ2n) is 8.02. The molecule has 1 aliphatic rings. The molecule has 1 aliphatic heterocycles. The largest absolute Gasteiger partial charge is 0.356 e. The van der Waals surface area contributed by atoms with E-state index < -0.39 is 17.4 Å². The van der Waals surface area contributed by atoms with Crippen molar-refractivity contribution in [2.45, 2.75) is 33.2 Å². The van der Waals surface area contributed by atoms with E-state index in [9.17, 15) is 14.0 Å². The first-order valence-corrected chi connectivity index (χ1v) is 10.2. The number of aromatic nitrogens is 2. The smallest absolute Gasteiger partial charge is 0.350 e. The maximum atomic E-state index is 13.5. The van der Waals surface area contributed by atoms with Crippen molar-refractivity contribution in [2.75, 3.05) is 23.3 Å². The third-order valence-corrected chi connectivity index (χ3v) is 5.60. The Labute approximate surface area is 174 Å². The molecule has 30 heavy (non-hydrogen) atoms. The number of para-hydroxylation sites is 1. The van der Waals surface area contributed by atoms with Gasteiger partial charge in [-0.25, -0.2) is 9.18 Å². The van der Waals surface area contributed by atoms with E-state index in [1.165, 1.54) is 23.1 Å². The fourth-order valence-corrected chi connectivity index (χ4v) is 4.05. The lowest BCUT2D eigenvalue weighted by atomic mass is 10.00. The highest BCUT2D eigenvalue weighted by atomic mass is 19.1. The molecular formula is C23H25FN4O2. The maximum Gasteiger partial charge on any atom is 0.350 e. The number of nitrogens with one attached hydrogen (secondary N) is 1. The summed E-state index contributed by atoms with van der Waals surface area (Å²) in [6.07, 6.45) is 2.24. The Hall–Kier alpha value is -3.22. The maximum absolute atomic E-state index is 13.5. The van der Waals surface area contributed by atoms with E-state index in [0.29, 0.717) is 22.9 Å². The Balaban J connectivity index is 1.67. The quantitative estimate of drug-likeness (QED) is 0.715. The van der Waals surface area contributed by atoms with Crippen LogP contribution in [-0.2, 0) is 11.3 Å². The summed E-state index contributed by atoms with van der Waals surface area (Å²) < 4.78 is 14.9. The fourth-order valence-electron chi connectivity index (χ4n) is 4.05. The van der Waals surface area contributed by atoms with Gasteiger partial charge >= 0.3 is 5.69 Å². The Morgan fingerprint density at radius 3 is 2.87 bits per heavy atom. The minimum absolute atomic E-state index is 0.195. The lowest BCUT2D eigenvalue weighted by molar-refractivity contribution is -0.116. The lowest BCUT2D eigenvalue weighted by Crippen LogP contribution is -2.38. The van der Waals surface area contributed by atoms with Crippen LogP contribution >= 0.6 is 0 Å². The molecule has 0 aliphatic carbocycles. The summed E-state index contributed by atoms with van der Waals surface area (Å²) in [5, 5.41) is 3.55. The molecule has 1 amide bonds. The molecule has 0 saturated carbocycles. The van der Waals surface area contributed by atoms with Crippen LogP contribution in [0.2, 0.25) is 0 Å². The minimum atomic E-state index is -0.465. The summed E-state index contributed by atoms with van der Waals surface area (Å²) in [5.41, 5.74) is 1.34. The van der Waals surface area contributed by atoms with Crippen molar-refractivity contribution in [1.82, 2.24) is 9.55 Å². The standard InChI is InChI=1S/C23H25FN4O2/c1-15-6-5-11-27(13-15)22-18-7-3-4-8-20(18)28(23(30)26-22)14-21(29)25-19-12-17(24)10-9-16(19)2/h3-4,7-10,12,15H,5-6,11,13-14H2,1-2H3,(H,25,29)/t15-/m0/s1. The molecular weight excluding hydrogens is 383 g/mol. The predicted molar refractivity (Wildman–Crippen MR) is 116 cm³/mol. The zero-order valence-corrected chi connectivity index (χ0v) is 17.2. The number of piperidine rings is 1. The molecule has 2 aromatic carbocycles. The van der Waals surface area contributed by atoms with Gasteiger partial charge in [-0.3, -0.25) is 9.36 Å². The Kier molecular flexibility index (Phi) is 5.53. The van der Waals surface area contributed by atoms with Crippen LogP contribution in [0.3, 0.4) is 0 Å². The molecule has 0 unspecified atom stereocenters. The van der Waals surface area contributed by atoms with Gasteiger partial charge in [0.25, 0.3) is 0 Å². The predicted octanol–water partition coefficient (Wildman–Crippen LogP) is 3.72. The van der Waals surface area contributed by atoms with Gasteiger partial charge < -0.3 is 10.2 Å². The highest BCUT2D eigenvalue weighted by molar-refractivity contribution is 5.94. The number of benzene rings is 2. The van der Waals surface area contributed by atoms with Gasteiger partial charge in [-0.1, -0.05) is 25.1 Å². The number of anilines is 2. The summed E-state index contributed by atoms with van der Waals surface area (Å²) in [4.78, 5) is 32.0. The number of halogens is 1. The van der Waals surface area contributed by atoms with Crippen LogP contribution in [0.4, 0.5) is 15.9 Å². The van der Waals surface area contributed by atoms with E-state index in [4.69, 9.17) is 0 Å². The van der Waals surface area contributed by atoms with E-state index in [-0.39, 0.29) is 6.54 Å². The number of carbonyl (C=O) groups excluding carboxylic acids is 1. The van der Waals surface area contributed by atoms with Crippen molar-refractivity contribution >= 4 is 28.3 Å². The first-order chi connectivity index (χ1) is 14.4. The van der Waals surface area contributed by atoms with E-state index in [2.05, 4.69) is 22.1 Å². The number of hydrogen-bond donors (Lipinski definition) is 1. The van der Waals surface area contributed by atoms with Crippen molar-refractivity contribution < 1.29 is 9.18 Å². The molecule has 1 saturated heterocycles. The topological polar surface area (TPSA) is 67.2 Å². The number of aryl methyl sites for hydroxylation is 1. The highest BCUT2D eigenvalue weighted by Gasteiger charge is 2.22. The Morgan fingerprint density at radius 1 is 1.27 bits per heavy atom. The van der Waals surface area contributed by atoms with E-state index in [0.717, 1.165) is 30.5 Å². The van der Waals surface area contributed by atoms with Gasteiger partial charge in [0.1, 0.15) is 18.2 Å². The van der Waals surface area contributed by atoms with E-state index >= 15 is 0 Å². The Bertz CT molecular complexity index is 1160. The normalized spacial score (nSPS) is 16.6. The summed E-state index contributed by atoms with van der Waals surface area (Å²) in [6.45, 7) is 5.52. The molecule has 4 rings (SSSR count). The van der Waals surface area contributed by atoms with Gasteiger partial charge in [-0.15, -0.1) is 0 Å². The molecule has 1 atom stereocenters. The summed E-state index contributed by atoms with van der Waals surface area (Å²) >= 11 is 0. The van der Waals surface area contributed by atoms with Crippen LogP contribution in [-0.4, -0.2) is 28.5 Å². The monoisotopic (exact) mass is 408 g/mol. The molecule has 156 valence electrons. The highest BCUT2D eigenvalue weighted by Crippen LogP contribution is 2.27. The van der Waals surface area contributed by atoms with Gasteiger partial charge in [0.2, 0.25) is 5.91 Å². The Morgan fingerprint density at radius 2 is 2.07 bits per heavy atom. The van der Waals surface area contributed by atoms with Crippen LogP contribution in [0.25, 0.3) is 10.9 Å². The molecule has 6 nitrogen and oxygen atoms in total. The van der Waals surface area contributed by atoms with E-state index in [1.54, 1.807) is 13.0 Å². The fraction of sp³-hybridized carbons (Fsp3) is 0.348.